The quantitative estimate of drug-likeness (QED) is 0.861. The van der Waals surface area contributed by atoms with Crippen LogP contribution in [0.15, 0.2) is 36.6 Å². The molecule has 2 aliphatic heterocycles. The fraction of sp³-hybridized carbons (Fsp3) is 0.550. The molecule has 136 valence electrons. The molecule has 3 rings (SSSR count). The summed E-state index contributed by atoms with van der Waals surface area (Å²) in [4.78, 5) is 14.5. The lowest BCUT2D eigenvalue weighted by atomic mass is 10.0. The van der Waals surface area contributed by atoms with Crippen LogP contribution >= 0.6 is 0 Å². The average Bonchev–Trinajstić information content (AvgIpc) is 2.68. The van der Waals surface area contributed by atoms with Crippen LogP contribution in [0, 0.1) is 0 Å². The number of hydrogen-bond acceptors (Lipinski definition) is 4. The number of amides is 1. The van der Waals surface area contributed by atoms with E-state index in [-0.39, 0.29) is 12.0 Å². The normalized spacial score (nSPS) is 21.0. The van der Waals surface area contributed by atoms with E-state index in [1.165, 1.54) is 0 Å². The molecule has 1 aromatic carbocycles. The standard InChI is InChI=1S/C20H28N2O3/c1-24-19-8-3-2-6-16(19)14-20(23)22-11-9-17(10-12-22)21-15-18-7-4-5-13-25-18/h2-3,5-6,8,13,17-18,21H,4,7,9-12,14-15H2,1H3. The largest absolute Gasteiger partial charge is 0.497 e. The molecular weight excluding hydrogens is 316 g/mol. The van der Waals surface area contributed by atoms with Crippen molar-refractivity contribution in [2.75, 3.05) is 26.7 Å². The van der Waals surface area contributed by atoms with Gasteiger partial charge in [-0.3, -0.25) is 4.79 Å². The van der Waals surface area contributed by atoms with Gasteiger partial charge in [-0.05, 0) is 37.8 Å². The Kier molecular flexibility index (Phi) is 6.34. The number of hydrogen-bond donors (Lipinski definition) is 1. The third-order valence-electron chi connectivity index (χ3n) is 5.04. The predicted octanol–water partition coefficient (Wildman–Crippen LogP) is 2.51. The van der Waals surface area contributed by atoms with Gasteiger partial charge in [0.25, 0.3) is 0 Å². The van der Waals surface area contributed by atoms with Crippen molar-refractivity contribution in [3.63, 3.8) is 0 Å². The Morgan fingerprint density at radius 3 is 2.80 bits per heavy atom. The second-order valence-corrected chi connectivity index (χ2v) is 6.76. The molecule has 0 saturated carbocycles. The van der Waals surface area contributed by atoms with Crippen LogP contribution in [-0.2, 0) is 16.0 Å². The van der Waals surface area contributed by atoms with Gasteiger partial charge in [-0.1, -0.05) is 18.2 Å². The van der Waals surface area contributed by atoms with Gasteiger partial charge in [0.2, 0.25) is 5.91 Å². The number of carbonyl (C=O) groups excluding carboxylic acids is 1. The van der Waals surface area contributed by atoms with E-state index in [2.05, 4.69) is 11.4 Å². The van der Waals surface area contributed by atoms with Crippen molar-refractivity contribution in [3.8, 4) is 5.75 Å². The second kappa shape index (κ2) is 8.90. The van der Waals surface area contributed by atoms with Gasteiger partial charge in [0.1, 0.15) is 11.9 Å². The Morgan fingerprint density at radius 2 is 2.08 bits per heavy atom. The molecule has 1 fully saturated rings. The van der Waals surface area contributed by atoms with Crippen LogP contribution in [0.4, 0.5) is 0 Å². The monoisotopic (exact) mass is 344 g/mol. The van der Waals surface area contributed by atoms with Crippen LogP contribution in [0.3, 0.4) is 0 Å². The SMILES string of the molecule is COc1ccccc1CC(=O)N1CCC(NCC2CCC=CO2)CC1. The number of rotatable bonds is 6. The predicted molar refractivity (Wildman–Crippen MR) is 97.5 cm³/mol. The lowest BCUT2D eigenvalue weighted by Gasteiger charge is -2.33. The van der Waals surface area contributed by atoms with Crippen molar-refractivity contribution >= 4 is 5.91 Å². The van der Waals surface area contributed by atoms with Gasteiger partial charge in [-0.25, -0.2) is 0 Å². The van der Waals surface area contributed by atoms with Crippen molar-refractivity contribution in [2.24, 2.45) is 0 Å². The number of carbonyl (C=O) groups is 1. The van der Waals surface area contributed by atoms with Crippen molar-refractivity contribution in [1.29, 1.82) is 0 Å². The lowest BCUT2D eigenvalue weighted by molar-refractivity contribution is -0.131. The zero-order chi connectivity index (χ0) is 17.5. The van der Waals surface area contributed by atoms with Gasteiger partial charge in [-0.2, -0.15) is 0 Å². The number of piperidine rings is 1. The maximum Gasteiger partial charge on any atom is 0.227 e. The summed E-state index contributed by atoms with van der Waals surface area (Å²) in [5, 5.41) is 3.60. The molecule has 0 spiro atoms. The first-order chi connectivity index (χ1) is 12.3. The number of ether oxygens (including phenoxy) is 2. The average molecular weight is 344 g/mol. The molecule has 0 radical (unpaired) electrons. The third kappa shape index (κ3) is 4.98. The highest BCUT2D eigenvalue weighted by molar-refractivity contribution is 5.79. The molecule has 25 heavy (non-hydrogen) atoms. The van der Waals surface area contributed by atoms with Crippen LogP contribution in [0.25, 0.3) is 0 Å². The van der Waals surface area contributed by atoms with E-state index in [1.807, 2.05) is 35.4 Å². The maximum atomic E-state index is 12.6. The molecule has 1 amide bonds. The fourth-order valence-corrected chi connectivity index (χ4v) is 3.49. The second-order valence-electron chi connectivity index (χ2n) is 6.76. The first-order valence-electron chi connectivity index (χ1n) is 9.20. The smallest absolute Gasteiger partial charge is 0.227 e. The molecule has 1 N–H and O–H groups in total. The Bertz CT molecular complexity index is 594. The highest BCUT2D eigenvalue weighted by Gasteiger charge is 2.24. The highest BCUT2D eigenvalue weighted by Crippen LogP contribution is 2.20. The molecule has 2 heterocycles. The highest BCUT2D eigenvalue weighted by atomic mass is 16.5. The molecule has 0 aliphatic carbocycles. The van der Waals surface area contributed by atoms with Crippen LogP contribution < -0.4 is 10.1 Å². The summed E-state index contributed by atoms with van der Waals surface area (Å²) in [6.45, 7) is 2.53. The van der Waals surface area contributed by atoms with Crippen LogP contribution in [0.5, 0.6) is 5.75 Å². The van der Waals surface area contributed by atoms with E-state index in [9.17, 15) is 4.79 Å². The molecular formula is C20H28N2O3. The first-order valence-corrected chi connectivity index (χ1v) is 9.20. The van der Waals surface area contributed by atoms with Crippen molar-refractivity contribution in [1.82, 2.24) is 10.2 Å². The van der Waals surface area contributed by atoms with Crippen LogP contribution in [0.2, 0.25) is 0 Å². The summed E-state index contributed by atoms with van der Waals surface area (Å²) >= 11 is 0. The van der Waals surface area contributed by atoms with Crippen LogP contribution in [-0.4, -0.2) is 49.7 Å². The Hall–Kier alpha value is -2.01. The van der Waals surface area contributed by atoms with Crippen molar-refractivity contribution in [3.05, 3.63) is 42.2 Å². The van der Waals surface area contributed by atoms with E-state index >= 15 is 0 Å². The summed E-state index contributed by atoms with van der Waals surface area (Å²) in [5.41, 5.74) is 0.956. The number of nitrogens with zero attached hydrogens (tertiary/aromatic N) is 1. The van der Waals surface area contributed by atoms with E-state index in [4.69, 9.17) is 9.47 Å². The lowest BCUT2D eigenvalue weighted by Crippen LogP contribution is -2.47. The molecule has 1 aromatic rings. The fourth-order valence-electron chi connectivity index (χ4n) is 3.49. The van der Waals surface area contributed by atoms with E-state index in [0.717, 1.165) is 56.6 Å². The third-order valence-corrected chi connectivity index (χ3v) is 5.04. The Labute approximate surface area is 150 Å². The first kappa shape index (κ1) is 17.8. The summed E-state index contributed by atoms with van der Waals surface area (Å²) in [6, 6.07) is 8.22. The van der Waals surface area contributed by atoms with Gasteiger partial charge in [0, 0.05) is 31.2 Å². The van der Waals surface area contributed by atoms with Gasteiger partial charge in [0.15, 0.2) is 0 Å². The van der Waals surface area contributed by atoms with Gasteiger partial charge in [-0.15, -0.1) is 0 Å². The zero-order valence-corrected chi connectivity index (χ0v) is 14.9. The van der Waals surface area contributed by atoms with E-state index in [1.54, 1.807) is 7.11 Å². The van der Waals surface area contributed by atoms with Gasteiger partial charge < -0.3 is 19.7 Å². The molecule has 0 aromatic heterocycles. The van der Waals surface area contributed by atoms with E-state index in [0.29, 0.717) is 12.5 Å². The minimum absolute atomic E-state index is 0.184. The topological polar surface area (TPSA) is 50.8 Å². The van der Waals surface area contributed by atoms with Gasteiger partial charge in [0.05, 0.1) is 19.8 Å². The molecule has 1 atom stereocenters. The van der Waals surface area contributed by atoms with Gasteiger partial charge >= 0.3 is 0 Å². The van der Waals surface area contributed by atoms with E-state index < -0.39 is 0 Å². The number of nitrogens with one attached hydrogen (secondary N) is 1. The number of benzene rings is 1. The number of para-hydroxylation sites is 1. The Balaban J connectivity index is 1.42. The zero-order valence-electron chi connectivity index (χ0n) is 14.9. The molecule has 2 aliphatic rings. The molecule has 5 heteroatoms. The molecule has 1 unspecified atom stereocenters. The summed E-state index contributed by atoms with van der Waals surface area (Å²) in [5.74, 6) is 0.970. The molecule has 1 saturated heterocycles. The number of likely N-dealkylation sites (tertiary alicyclic amines) is 1. The molecule has 5 nitrogen and oxygen atoms in total. The Morgan fingerprint density at radius 1 is 1.28 bits per heavy atom. The van der Waals surface area contributed by atoms with Crippen molar-refractivity contribution in [2.45, 2.75) is 44.2 Å². The van der Waals surface area contributed by atoms with Crippen molar-refractivity contribution < 1.29 is 14.3 Å². The van der Waals surface area contributed by atoms with Crippen LogP contribution in [0.1, 0.15) is 31.2 Å². The minimum Gasteiger partial charge on any atom is -0.497 e. The summed E-state index contributed by atoms with van der Waals surface area (Å²) in [7, 11) is 1.65. The summed E-state index contributed by atoms with van der Waals surface area (Å²) < 4.78 is 10.9. The number of methoxy groups -OCH3 is 1. The summed E-state index contributed by atoms with van der Waals surface area (Å²) in [6.07, 6.45) is 8.76. The maximum absolute atomic E-state index is 12.6. The minimum atomic E-state index is 0.184. The number of allylic oxidation sites excluding steroid dienone is 1. The molecule has 0 bridgehead atoms.